The molecule has 1 aromatic heterocycles. The van der Waals surface area contributed by atoms with Gasteiger partial charge in [-0.1, -0.05) is 6.07 Å². The Bertz CT molecular complexity index is 687. The standard InChI is InChI=1S/C18H24N2O3/c1-13-9-14(2)18-15(12-23-16(18)10-13)11-17(21)19-3-4-20-5-7-22-8-6-20/h9-10,12H,3-8,11H2,1-2H3,(H,19,21). The van der Waals surface area contributed by atoms with Crippen molar-refractivity contribution in [2.24, 2.45) is 0 Å². The Morgan fingerprint density at radius 3 is 2.83 bits per heavy atom. The number of aryl methyl sites for hydroxylation is 2. The molecule has 1 fully saturated rings. The zero-order valence-corrected chi connectivity index (χ0v) is 13.9. The van der Waals surface area contributed by atoms with Crippen molar-refractivity contribution in [3.8, 4) is 0 Å². The number of rotatable bonds is 5. The molecule has 0 unspecified atom stereocenters. The Labute approximate surface area is 136 Å². The fourth-order valence-corrected chi connectivity index (χ4v) is 3.17. The third kappa shape index (κ3) is 3.92. The number of hydrogen-bond acceptors (Lipinski definition) is 4. The molecule has 2 heterocycles. The SMILES string of the molecule is Cc1cc(C)c2c(CC(=O)NCCN3CCOCC3)coc2c1. The van der Waals surface area contributed by atoms with Gasteiger partial charge in [-0.15, -0.1) is 0 Å². The van der Waals surface area contributed by atoms with Gasteiger partial charge in [0.2, 0.25) is 5.91 Å². The van der Waals surface area contributed by atoms with Gasteiger partial charge in [0, 0.05) is 37.1 Å². The Morgan fingerprint density at radius 1 is 1.26 bits per heavy atom. The normalized spacial score (nSPS) is 15.9. The monoisotopic (exact) mass is 316 g/mol. The van der Waals surface area contributed by atoms with Crippen LogP contribution < -0.4 is 5.32 Å². The van der Waals surface area contributed by atoms with Crippen LogP contribution in [0.5, 0.6) is 0 Å². The molecule has 0 radical (unpaired) electrons. The van der Waals surface area contributed by atoms with Gasteiger partial charge in [-0.05, 0) is 31.0 Å². The molecule has 5 heteroatoms. The van der Waals surface area contributed by atoms with E-state index < -0.39 is 0 Å². The van der Waals surface area contributed by atoms with Gasteiger partial charge >= 0.3 is 0 Å². The molecule has 1 saturated heterocycles. The first-order chi connectivity index (χ1) is 11.1. The molecule has 0 aliphatic carbocycles. The molecular formula is C18H24N2O3. The Balaban J connectivity index is 1.55. The van der Waals surface area contributed by atoms with Crippen LogP contribution in [-0.2, 0) is 16.0 Å². The van der Waals surface area contributed by atoms with Crippen LogP contribution in [0.3, 0.4) is 0 Å². The van der Waals surface area contributed by atoms with Gasteiger partial charge in [0.25, 0.3) is 0 Å². The van der Waals surface area contributed by atoms with Crippen LogP contribution in [0.1, 0.15) is 16.7 Å². The summed E-state index contributed by atoms with van der Waals surface area (Å²) in [5.74, 6) is 0.0425. The van der Waals surface area contributed by atoms with E-state index in [9.17, 15) is 4.79 Å². The number of hydrogen-bond donors (Lipinski definition) is 1. The smallest absolute Gasteiger partial charge is 0.224 e. The van der Waals surface area contributed by atoms with Gasteiger partial charge < -0.3 is 14.5 Å². The third-order valence-electron chi connectivity index (χ3n) is 4.30. The fourth-order valence-electron chi connectivity index (χ4n) is 3.17. The number of furan rings is 1. The summed E-state index contributed by atoms with van der Waals surface area (Å²) in [7, 11) is 0. The highest BCUT2D eigenvalue weighted by atomic mass is 16.5. The number of fused-ring (bicyclic) bond motifs is 1. The van der Waals surface area contributed by atoms with E-state index in [0.717, 1.165) is 54.9 Å². The molecular weight excluding hydrogens is 292 g/mol. The summed E-state index contributed by atoms with van der Waals surface area (Å²) in [5.41, 5.74) is 4.15. The van der Waals surface area contributed by atoms with Gasteiger partial charge in [-0.3, -0.25) is 9.69 Å². The molecule has 1 N–H and O–H groups in total. The molecule has 0 saturated carbocycles. The summed E-state index contributed by atoms with van der Waals surface area (Å²) in [4.78, 5) is 14.5. The second-order valence-corrected chi connectivity index (χ2v) is 6.20. The summed E-state index contributed by atoms with van der Waals surface area (Å²) < 4.78 is 10.9. The average molecular weight is 316 g/mol. The maximum Gasteiger partial charge on any atom is 0.224 e. The zero-order chi connectivity index (χ0) is 16.2. The van der Waals surface area contributed by atoms with Crippen LogP contribution in [0.4, 0.5) is 0 Å². The fraction of sp³-hybridized carbons (Fsp3) is 0.500. The minimum absolute atomic E-state index is 0.0425. The second-order valence-electron chi connectivity index (χ2n) is 6.20. The number of carbonyl (C=O) groups is 1. The van der Waals surface area contributed by atoms with Crippen molar-refractivity contribution < 1.29 is 13.9 Å². The number of nitrogens with one attached hydrogen (secondary N) is 1. The van der Waals surface area contributed by atoms with Gasteiger partial charge in [-0.2, -0.15) is 0 Å². The summed E-state index contributed by atoms with van der Waals surface area (Å²) >= 11 is 0. The summed E-state index contributed by atoms with van der Waals surface area (Å²) in [6, 6.07) is 4.14. The highest BCUT2D eigenvalue weighted by Gasteiger charge is 2.14. The van der Waals surface area contributed by atoms with E-state index >= 15 is 0 Å². The largest absolute Gasteiger partial charge is 0.464 e. The minimum Gasteiger partial charge on any atom is -0.464 e. The van der Waals surface area contributed by atoms with Crippen molar-refractivity contribution in [2.45, 2.75) is 20.3 Å². The van der Waals surface area contributed by atoms with E-state index in [4.69, 9.17) is 9.15 Å². The molecule has 1 aliphatic rings. The second kappa shape index (κ2) is 7.15. The Morgan fingerprint density at radius 2 is 2.04 bits per heavy atom. The van der Waals surface area contributed by atoms with Crippen molar-refractivity contribution in [3.05, 3.63) is 35.1 Å². The molecule has 1 aliphatic heterocycles. The molecule has 5 nitrogen and oxygen atoms in total. The predicted octanol–water partition coefficient (Wildman–Crippen LogP) is 2.04. The number of morpholine rings is 1. The lowest BCUT2D eigenvalue weighted by Gasteiger charge is -2.26. The first-order valence-electron chi connectivity index (χ1n) is 8.17. The molecule has 1 aromatic carbocycles. The molecule has 23 heavy (non-hydrogen) atoms. The van der Waals surface area contributed by atoms with E-state index in [1.807, 2.05) is 13.0 Å². The van der Waals surface area contributed by atoms with Gasteiger partial charge in [0.15, 0.2) is 0 Å². The first kappa shape index (κ1) is 16.0. The van der Waals surface area contributed by atoms with Crippen molar-refractivity contribution in [1.82, 2.24) is 10.2 Å². The van der Waals surface area contributed by atoms with E-state index in [1.54, 1.807) is 6.26 Å². The molecule has 0 spiro atoms. The summed E-state index contributed by atoms with van der Waals surface area (Å²) in [5, 5.41) is 4.07. The number of ether oxygens (including phenoxy) is 1. The zero-order valence-electron chi connectivity index (χ0n) is 13.9. The quantitative estimate of drug-likeness (QED) is 0.917. The lowest BCUT2D eigenvalue weighted by Crippen LogP contribution is -2.41. The van der Waals surface area contributed by atoms with Crippen LogP contribution in [0.2, 0.25) is 0 Å². The molecule has 1 amide bonds. The van der Waals surface area contributed by atoms with Crippen LogP contribution in [0.25, 0.3) is 11.0 Å². The molecule has 2 aromatic rings. The first-order valence-corrected chi connectivity index (χ1v) is 8.17. The third-order valence-corrected chi connectivity index (χ3v) is 4.30. The maximum atomic E-state index is 12.2. The lowest BCUT2D eigenvalue weighted by molar-refractivity contribution is -0.120. The summed E-state index contributed by atoms with van der Waals surface area (Å²) in [6.07, 6.45) is 2.07. The van der Waals surface area contributed by atoms with E-state index in [-0.39, 0.29) is 5.91 Å². The van der Waals surface area contributed by atoms with E-state index in [0.29, 0.717) is 13.0 Å². The van der Waals surface area contributed by atoms with Crippen LogP contribution in [0, 0.1) is 13.8 Å². The van der Waals surface area contributed by atoms with E-state index in [2.05, 4.69) is 23.2 Å². The van der Waals surface area contributed by atoms with Gasteiger partial charge in [0.1, 0.15) is 5.58 Å². The average Bonchev–Trinajstić information content (AvgIpc) is 2.91. The summed E-state index contributed by atoms with van der Waals surface area (Å²) in [6.45, 7) is 9.12. The molecule has 0 atom stereocenters. The predicted molar refractivity (Wildman–Crippen MR) is 89.7 cm³/mol. The number of nitrogens with zero attached hydrogens (tertiary/aromatic N) is 1. The lowest BCUT2D eigenvalue weighted by atomic mass is 10.0. The van der Waals surface area contributed by atoms with E-state index in [1.165, 1.54) is 5.56 Å². The number of benzene rings is 1. The van der Waals surface area contributed by atoms with Gasteiger partial charge in [0.05, 0.1) is 25.9 Å². The van der Waals surface area contributed by atoms with Gasteiger partial charge in [-0.25, -0.2) is 0 Å². The van der Waals surface area contributed by atoms with Crippen molar-refractivity contribution in [2.75, 3.05) is 39.4 Å². The Hall–Kier alpha value is -1.85. The highest BCUT2D eigenvalue weighted by molar-refractivity contribution is 5.90. The highest BCUT2D eigenvalue weighted by Crippen LogP contribution is 2.26. The van der Waals surface area contributed by atoms with Crippen LogP contribution >= 0.6 is 0 Å². The number of amides is 1. The topological polar surface area (TPSA) is 54.7 Å². The minimum atomic E-state index is 0.0425. The molecule has 0 bridgehead atoms. The van der Waals surface area contributed by atoms with Crippen molar-refractivity contribution in [3.63, 3.8) is 0 Å². The number of carbonyl (C=O) groups excluding carboxylic acids is 1. The maximum absolute atomic E-state index is 12.2. The van der Waals surface area contributed by atoms with Crippen molar-refractivity contribution in [1.29, 1.82) is 0 Å². The Kier molecular flexibility index (Phi) is 4.98. The van der Waals surface area contributed by atoms with Crippen LogP contribution in [-0.4, -0.2) is 50.2 Å². The molecule has 3 rings (SSSR count). The van der Waals surface area contributed by atoms with Crippen LogP contribution in [0.15, 0.2) is 22.8 Å². The molecule has 124 valence electrons. The van der Waals surface area contributed by atoms with Crippen molar-refractivity contribution >= 4 is 16.9 Å².